The Bertz CT molecular complexity index is 830. The molecule has 0 heterocycles. The van der Waals surface area contributed by atoms with Crippen LogP contribution in [0.1, 0.15) is 19.4 Å². The van der Waals surface area contributed by atoms with Gasteiger partial charge in [0.05, 0.1) is 5.41 Å². The summed E-state index contributed by atoms with van der Waals surface area (Å²) < 4.78 is 45.5. The third-order valence-corrected chi connectivity index (χ3v) is 3.85. The molecule has 0 aliphatic rings. The molecule has 0 saturated carbocycles. The number of hydrogen-bond acceptors (Lipinski definition) is 4. The summed E-state index contributed by atoms with van der Waals surface area (Å²) in [6, 6.07) is 11.2. The van der Waals surface area contributed by atoms with E-state index in [0.717, 1.165) is 12.1 Å². The number of carbonyl (C=O) groups excluding carboxylic acids is 1. The molecular weight excluding hydrogens is 379 g/mol. The van der Waals surface area contributed by atoms with Gasteiger partial charge in [-0.1, -0.05) is 12.1 Å². The highest BCUT2D eigenvalue weighted by molar-refractivity contribution is 5.98. The second-order valence-corrected chi connectivity index (χ2v) is 6.36. The van der Waals surface area contributed by atoms with Gasteiger partial charge in [0.2, 0.25) is 5.91 Å². The molecule has 6 nitrogen and oxygen atoms in total. The number of anilines is 1. The fourth-order valence-corrected chi connectivity index (χ4v) is 2.27. The topological polar surface area (TPSA) is 84.9 Å². The van der Waals surface area contributed by atoms with Gasteiger partial charge in [0, 0.05) is 5.69 Å². The van der Waals surface area contributed by atoms with Crippen LogP contribution in [0.15, 0.2) is 48.5 Å². The fourth-order valence-electron chi connectivity index (χ4n) is 2.27. The Hall–Kier alpha value is -3.23. The van der Waals surface area contributed by atoms with E-state index in [4.69, 9.17) is 9.84 Å². The molecule has 0 radical (unpaired) electrons. The molecule has 2 N–H and O–H groups in total. The van der Waals surface area contributed by atoms with E-state index in [9.17, 15) is 22.8 Å². The molecule has 0 aliphatic heterocycles. The van der Waals surface area contributed by atoms with Gasteiger partial charge < -0.3 is 19.9 Å². The van der Waals surface area contributed by atoms with Crippen LogP contribution in [-0.4, -0.2) is 30.0 Å². The van der Waals surface area contributed by atoms with Crippen molar-refractivity contribution in [3.05, 3.63) is 54.1 Å². The number of rotatable bonds is 7. The summed E-state index contributed by atoms with van der Waals surface area (Å²) >= 11 is 0. The molecule has 2 aromatic rings. The minimum atomic E-state index is -4.78. The number of carbonyl (C=O) groups is 2. The summed E-state index contributed by atoms with van der Waals surface area (Å²) in [6.07, 6.45) is -4.78. The standard InChI is InChI=1S/C19H18F3NO5/c1-18(2,12-3-7-15(8-4-12)28-19(20,21)22)17(26)23-13-5-9-14(10-6-13)27-11-16(24)25/h3-10H,11H2,1-2H3,(H,23,26)(H,24,25). The predicted octanol–water partition coefficient (Wildman–Crippen LogP) is 3.96. The number of hydrogen-bond donors (Lipinski definition) is 2. The van der Waals surface area contributed by atoms with Crippen LogP contribution in [0.2, 0.25) is 0 Å². The lowest BCUT2D eigenvalue weighted by molar-refractivity contribution is -0.274. The minimum absolute atomic E-state index is 0.333. The monoisotopic (exact) mass is 397 g/mol. The first-order valence-corrected chi connectivity index (χ1v) is 8.10. The molecule has 9 heteroatoms. The van der Waals surface area contributed by atoms with Crippen LogP contribution in [0.25, 0.3) is 0 Å². The highest BCUT2D eigenvalue weighted by atomic mass is 19.4. The Balaban J connectivity index is 2.04. The van der Waals surface area contributed by atoms with Crippen molar-refractivity contribution in [2.45, 2.75) is 25.6 Å². The minimum Gasteiger partial charge on any atom is -0.482 e. The molecular formula is C19H18F3NO5. The van der Waals surface area contributed by atoms with Crippen molar-refractivity contribution in [3.8, 4) is 11.5 Å². The van der Waals surface area contributed by atoms with Gasteiger partial charge >= 0.3 is 12.3 Å². The molecule has 28 heavy (non-hydrogen) atoms. The van der Waals surface area contributed by atoms with Gasteiger partial charge in [-0.15, -0.1) is 13.2 Å². The van der Waals surface area contributed by atoms with E-state index < -0.39 is 24.4 Å². The average Bonchev–Trinajstić information content (AvgIpc) is 2.60. The molecule has 0 spiro atoms. The number of benzene rings is 2. The van der Waals surface area contributed by atoms with Gasteiger partial charge in [0.1, 0.15) is 11.5 Å². The van der Waals surface area contributed by atoms with Crippen LogP contribution in [0.3, 0.4) is 0 Å². The normalized spacial score (nSPS) is 11.6. The van der Waals surface area contributed by atoms with Crippen LogP contribution >= 0.6 is 0 Å². The molecule has 2 aromatic carbocycles. The lowest BCUT2D eigenvalue weighted by Gasteiger charge is -2.24. The Morgan fingerprint density at radius 1 is 0.964 bits per heavy atom. The van der Waals surface area contributed by atoms with Crippen molar-refractivity contribution >= 4 is 17.6 Å². The maximum atomic E-state index is 12.6. The summed E-state index contributed by atoms with van der Waals surface area (Å²) in [5.74, 6) is -1.52. The highest BCUT2D eigenvalue weighted by Crippen LogP contribution is 2.29. The molecule has 150 valence electrons. The van der Waals surface area contributed by atoms with E-state index in [2.05, 4.69) is 10.1 Å². The van der Waals surface area contributed by atoms with Crippen molar-refractivity contribution in [2.24, 2.45) is 0 Å². The molecule has 0 unspecified atom stereocenters. The third kappa shape index (κ3) is 5.90. The maximum absolute atomic E-state index is 12.6. The van der Waals surface area contributed by atoms with Crippen LogP contribution in [0.5, 0.6) is 11.5 Å². The summed E-state index contributed by atoms with van der Waals surface area (Å²) in [4.78, 5) is 23.1. The zero-order valence-electron chi connectivity index (χ0n) is 15.0. The van der Waals surface area contributed by atoms with E-state index in [1.807, 2.05) is 0 Å². The first-order chi connectivity index (χ1) is 13.0. The first-order valence-electron chi connectivity index (χ1n) is 8.10. The number of nitrogens with one attached hydrogen (secondary N) is 1. The molecule has 0 atom stereocenters. The summed E-state index contributed by atoms with van der Waals surface area (Å²) in [5.41, 5.74) is -0.0754. The largest absolute Gasteiger partial charge is 0.573 e. The molecule has 0 aliphatic carbocycles. The van der Waals surface area contributed by atoms with Crippen LogP contribution in [-0.2, 0) is 15.0 Å². The molecule has 0 bridgehead atoms. The van der Waals surface area contributed by atoms with Crippen molar-refractivity contribution in [1.82, 2.24) is 0 Å². The Morgan fingerprint density at radius 2 is 1.50 bits per heavy atom. The average molecular weight is 397 g/mol. The van der Waals surface area contributed by atoms with Crippen LogP contribution < -0.4 is 14.8 Å². The number of alkyl halides is 3. The van der Waals surface area contributed by atoms with Gasteiger partial charge in [-0.3, -0.25) is 4.79 Å². The zero-order chi connectivity index (χ0) is 20.9. The summed E-state index contributed by atoms with van der Waals surface area (Å²) in [7, 11) is 0. The van der Waals surface area contributed by atoms with Crippen molar-refractivity contribution in [3.63, 3.8) is 0 Å². The van der Waals surface area contributed by atoms with E-state index >= 15 is 0 Å². The number of ether oxygens (including phenoxy) is 2. The molecule has 0 aromatic heterocycles. The lowest BCUT2D eigenvalue weighted by atomic mass is 9.83. The summed E-state index contributed by atoms with van der Waals surface area (Å²) in [6.45, 7) is 2.78. The van der Waals surface area contributed by atoms with Gasteiger partial charge in [-0.05, 0) is 55.8 Å². The Kier molecular flexibility index (Phi) is 6.17. The van der Waals surface area contributed by atoms with Gasteiger partial charge in [-0.2, -0.15) is 0 Å². The lowest BCUT2D eigenvalue weighted by Crippen LogP contribution is -2.34. The van der Waals surface area contributed by atoms with Crippen LogP contribution in [0, 0.1) is 0 Å². The SMILES string of the molecule is CC(C)(C(=O)Nc1ccc(OCC(=O)O)cc1)c1ccc(OC(F)(F)F)cc1. The smallest absolute Gasteiger partial charge is 0.482 e. The Labute approximate surface area is 158 Å². The fraction of sp³-hybridized carbons (Fsp3) is 0.263. The third-order valence-electron chi connectivity index (χ3n) is 3.85. The molecule has 1 amide bonds. The highest BCUT2D eigenvalue weighted by Gasteiger charge is 2.32. The number of carboxylic acid groups (broad SMARTS) is 1. The van der Waals surface area contributed by atoms with E-state index in [1.54, 1.807) is 26.0 Å². The van der Waals surface area contributed by atoms with Crippen molar-refractivity contribution in [2.75, 3.05) is 11.9 Å². The Morgan fingerprint density at radius 3 is 2.00 bits per heavy atom. The number of aliphatic carboxylic acids is 1. The predicted molar refractivity (Wildman–Crippen MR) is 94.4 cm³/mol. The van der Waals surface area contributed by atoms with Crippen molar-refractivity contribution in [1.29, 1.82) is 0 Å². The number of halogens is 3. The molecule has 0 saturated heterocycles. The van der Waals surface area contributed by atoms with E-state index in [1.165, 1.54) is 24.3 Å². The van der Waals surface area contributed by atoms with E-state index in [0.29, 0.717) is 17.0 Å². The molecule has 2 rings (SSSR count). The number of amides is 1. The molecule has 0 fully saturated rings. The first kappa shape index (κ1) is 21.1. The summed E-state index contributed by atoms with van der Waals surface area (Å²) in [5, 5.41) is 11.3. The maximum Gasteiger partial charge on any atom is 0.573 e. The van der Waals surface area contributed by atoms with Gasteiger partial charge in [0.25, 0.3) is 0 Å². The quantitative estimate of drug-likeness (QED) is 0.739. The van der Waals surface area contributed by atoms with Crippen LogP contribution in [0.4, 0.5) is 18.9 Å². The second kappa shape index (κ2) is 8.20. The van der Waals surface area contributed by atoms with E-state index in [-0.39, 0.29) is 11.7 Å². The van der Waals surface area contributed by atoms with Gasteiger partial charge in [0.15, 0.2) is 6.61 Å². The number of carboxylic acids is 1. The van der Waals surface area contributed by atoms with Gasteiger partial charge in [-0.25, -0.2) is 4.79 Å². The second-order valence-electron chi connectivity index (χ2n) is 6.36. The van der Waals surface area contributed by atoms with Crippen molar-refractivity contribution < 1.29 is 37.3 Å². The zero-order valence-corrected chi connectivity index (χ0v) is 15.0.